The molecule has 2 N–H and O–H groups in total. The summed E-state index contributed by atoms with van der Waals surface area (Å²) in [5.41, 5.74) is 0.567. The van der Waals surface area contributed by atoms with Gasteiger partial charge in [0.05, 0.1) is 6.54 Å². The van der Waals surface area contributed by atoms with E-state index in [1.54, 1.807) is 6.07 Å². The Morgan fingerprint density at radius 1 is 1.33 bits per heavy atom. The second-order valence-electron chi connectivity index (χ2n) is 6.30. The molecule has 2 heterocycles. The molecule has 0 spiro atoms. The summed E-state index contributed by atoms with van der Waals surface area (Å²) in [6, 6.07) is 8.90. The summed E-state index contributed by atoms with van der Waals surface area (Å²) in [5, 5.41) is 2.67. The van der Waals surface area contributed by atoms with Crippen LogP contribution in [0.15, 0.2) is 41.3 Å². The highest BCUT2D eigenvalue weighted by molar-refractivity contribution is 5.93. The molecule has 1 amide bonds. The average molecular weight is 328 g/mol. The molecule has 0 saturated carbocycles. The maximum Gasteiger partial charge on any atom is 0.260 e. The molecule has 1 aliphatic rings. The maximum atomic E-state index is 11.9. The lowest BCUT2D eigenvalue weighted by atomic mass is 10.0. The van der Waals surface area contributed by atoms with E-state index < -0.39 is 11.5 Å². The van der Waals surface area contributed by atoms with E-state index in [-0.39, 0.29) is 17.8 Å². The number of aromatic amines is 1. The first kappa shape index (κ1) is 16.1. The second-order valence-corrected chi connectivity index (χ2v) is 6.30. The number of hydrogen-bond donors (Lipinski definition) is 2. The zero-order valence-corrected chi connectivity index (χ0v) is 13.7. The van der Waals surface area contributed by atoms with Crippen molar-refractivity contribution in [3.05, 3.63) is 58.0 Å². The van der Waals surface area contributed by atoms with Crippen LogP contribution < -0.4 is 20.3 Å². The fourth-order valence-corrected chi connectivity index (χ4v) is 2.72. The second kappa shape index (κ2) is 6.39. The van der Waals surface area contributed by atoms with Crippen LogP contribution in [-0.2, 0) is 6.42 Å². The first-order chi connectivity index (χ1) is 11.5. The van der Waals surface area contributed by atoms with Crippen LogP contribution in [0.3, 0.4) is 0 Å². The van der Waals surface area contributed by atoms with Gasteiger partial charge in [-0.25, -0.2) is 0 Å². The van der Waals surface area contributed by atoms with Crippen LogP contribution in [0.1, 0.15) is 29.8 Å². The van der Waals surface area contributed by atoms with E-state index in [4.69, 9.17) is 9.47 Å². The summed E-state index contributed by atoms with van der Waals surface area (Å²) in [7, 11) is 0. The minimum absolute atomic E-state index is 0.0863. The maximum absolute atomic E-state index is 11.9. The van der Waals surface area contributed by atoms with Gasteiger partial charge in [0.2, 0.25) is 0 Å². The predicted molar refractivity (Wildman–Crippen MR) is 89.7 cm³/mol. The van der Waals surface area contributed by atoms with Crippen molar-refractivity contribution in [3.63, 3.8) is 0 Å². The Bertz CT molecular complexity index is 811. The van der Waals surface area contributed by atoms with Crippen molar-refractivity contribution < 1.29 is 14.3 Å². The van der Waals surface area contributed by atoms with Gasteiger partial charge in [-0.3, -0.25) is 9.59 Å². The molecule has 24 heavy (non-hydrogen) atoms. The van der Waals surface area contributed by atoms with Gasteiger partial charge in [0.1, 0.15) is 17.8 Å². The number of aromatic nitrogens is 1. The van der Waals surface area contributed by atoms with Crippen LogP contribution in [0.2, 0.25) is 0 Å². The summed E-state index contributed by atoms with van der Waals surface area (Å²) >= 11 is 0. The molecule has 1 aromatic heterocycles. The van der Waals surface area contributed by atoms with Crippen molar-refractivity contribution in [1.29, 1.82) is 0 Å². The smallest absolute Gasteiger partial charge is 0.260 e. The number of carbonyl (C=O) groups excluding carboxylic acids is 1. The van der Waals surface area contributed by atoms with Crippen LogP contribution in [0.25, 0.3) is 0 Å². The molecule has 3 rings (SSSR count). The minimum Gasteiger partial charge on any atom is -0.488 e. The Hall–Kier alpha value is -2.76. The molecule has 1 aromatic carbocycles. The van der Waals surface area contributed by atoms with Crippen LogP contribution in [0.4, 0.5) is 0 Å². The summed E-state index contributed by atoms with van der Waals surface area (Å²) in [5.74, 6) is 1.02. The van der Waals surface area contributed by atoms with E-state index in [1.165, 1.54) is 12.3 Å². The third-order valence-electron chi connectivity index (χ3n) is 3.76. The standard InChI is InChI=1S/C18H20N2O4/c1-18(2)11-12-5-3-7-14(15(12)24-18)23-10-9-20-17(22)13-6-4-8-19-16(13)21/h3-8H,9-11H2,1-2H3,(H,19,21)(H,20,22). The lowest BCUT2D eigenvalue weighted by Gasteiger charge is -2.18. The van der Waals surface area contributed by atoms with Crippen molar-refractivity contribution >= 4 is 5.91 Å². The summed E-state index contributed by atoms with van der Waals surface area (Å²) < 4.78 is 11.7. The van der Waals surface area contributed by atoms with Crippen LogP contribution >= 0.6 is 0 Å². The van der Waals surface area contributed by atoms with Crippen molar-refractivity contribution in [3.8, 4) is 11.5 Å². The van der Waals surface area contributed by atoms with Gasteiger partial charge in [0, 0.05) is 18.2 Å². The third kappa shape index (κ3) is 3.42. The van der Waals surface area contributed by atoms with Gasteiger partial charge in [0.15, 0.2) is 11.5 Å². The predicted octanol–water partition coefficient (Wildman–Crippen LogP) is 1.90. The Morgan fingerprint density at radius 2 is 2.17 bits per heavy atom. The zero-order chi connectivity index (χ0) is 17.2. The molecule has 0 fully saturated rings. The number of ether oxygens (including phenoxy) is 2. The molecular weight excluding hydrogens is 308 g/mol. The summed E-state index contributed by atoms with van der Waals surface area (Å²) in [6.45, 7) is 4.65. The highest BCUT2D eigenvalue weighted by Crippen LogP contribution is 2.41. The Balaban J connectivity index is 1.55. The summed E-state index contributed by atoms with van der Waals surface area (Å²) in [4.78, 5) is 25.9. The first-order valence-corrected chi connectivity index (χ1v) is 7.86. The quantitative estimate of drug-likeness (QED) is 0.822. The average Bonchev–Trinajstić information content (AvgIpc) is 2.86. The van der Waals surface area contributed by atoms with E-state index in [1.807, 2.05) is 32.0 Å². The summed E-state index contributed by atoms with van der Waals surface area (Å²) in [6.07, 6.45) is 2.33. The number of benzene rings is 1. The number of para-hydroxylation sites is 1. The first-order valence-electron chi connectivity index (χ1n) is 7.86. The number of nitrogens with one attached hydrogen (secondary N) is 2. The molecule has 6 heteroatoms. The molecule has 0 saturated heterocycles. The Labute approximate surface area is 139 Å². The highest BCUT2D eigenvalue weighted by Gasteiger charge is 2.32. The minimum atomic E-state index is -0.420. The van der Waals surface area contributed by atoms with Gasteiger partial charge < -0.3 is 19.8 Å². The van der Waals surface area contributed by atoms with Gasteiger partial charge in [-0.2, -0.15) is 0 Å². The van der Waals surface area contributed by atoms with E-state index in [2.05, 4.69) is 10.3 Å². The molecule has 2 aromatic rings. The fourth-order valence-electron chi connectivity index (χ4n) is 2.72. The van der Waals surface area contributed by atoms with E-state index in [9.17, 15) is 9.59 Å². The van der Waals surface area contributed by atoms with Crippen molar-refractivity contribution in [2.75, 3.05) is 13.2 Å². The van der Waals surface area contributed by atoms with Crippen LogP contribution in [-0.4, -0.2) is 29.6 Å². The molecule has 0 bridgehead atoms. The monoisotopic (exact) mass is 328 g/mol. The van der Waals surface area contributed by atoms with Gasteiger partial charge in [-0.15, -0.1) is 0 Å². The number of hydrogen-bond acceptors (Lipinski definition) is 4. The molecule has 0 radical (unpaired) electrons. The molecule has 0 atom stereocenters. The highest BCUT2D eigenvalue weighted by atomic mass is 16.5. The molecule has 0 aliphatic carbocycles. The number of pyridine rings is 1. The van der Waals surface area contributed by atoms with Crippen molar-refractivity contribution in [2.45, 2.75) is 25.9 Å². The zero-order valence-electron chi connectivity index (χ0n) is 13.7. The van der Waals surface area contributed by atoms with E-state index in [0.29, 0.717) is 12.3 Å². The van der Waals surface area contributed by atoms with Gasteiger partial charge in [-0.1, -0.05) is 12.1 Å². The lowest BCUT2D eigenvalue weighted by Crippen LogP contribution is -2.32. The Morgan fingerprint density at radius 3 is 2.96 bits per heavy atom. The molecule has 0 unspecified atom stereocenters. The number of carbonyl (C=O) groups is 1. The van der Waals surface area contributed by atoms with Crippen LogP contribution in [0, 0.1) is 0 Å². The third-order valence-corrected chi connectivity index (χ3v) is 3.76. The van der Waals surface area contributed by atoms with Crippen molar-refractivity contribution in [1.82, 2.24) is 10.3 Å². The van der Waals surface area contributed by atoms with Gasteiger partial charge in [-0.05, 0) is 32.0 Å². The molecule has 6 nitrogen and oxygen atoms in total. The molecule has 126 valence electrons. The number of H-pyrrole nitrogens is 1. The van der Waals surface area contributed by atoms with Gasteiger partial charge >= 0.3 is 0 Å². The van der Waals surface area contributed by atoms with Crippen molar-refractivity contribution in [2.24, 2.45) is 0 Å². The van der Waals surface area contributed by atoms with Crippen LogP contribution in [0.5, 0.6) is 11.5 Å². The topological polar surface area (TPSA) is 80.4 Å². The SMILES string of the molecule is CC1(C)Cc2cccc(OCCNC(=O)c3ccc[nH]c3=O)c2O1. The van der Waals surface area contributed by atoms with E-state index in [0.717, 1.165) is 17.7 Å². The van der Waals surface area contributed by atoms with E-state index >= 15 is 0 Å². The number of rotatable bonds is 5. The Kier molecular flexibility index (Phi) is 4.29. The number of amides is 1. The largest absolute Gasteiger partial charge is 0.488 e. The number of fused-ring (bicyclic) bond motifs is 1. The lowest BCUT2D eigenvalue weighted by molar-refractivity contribution is 0.0944. The fraction of sp³-hybridized carbons (Fsp3) is 0.333. The molecule has 1 aliphatic heterocycles. The normalized spacial score (nSPS) is 14.6. The van der Waals surface area contributed by atoms with Gasteiger partial charge in [0.25, 0.3) is 11.5 Å². The molecular formula is C18H20N2O4.